The first kappa shape index (κ1) is 14.7. The summed E-state index contributed by atoms with van der Waals surface area (Å²) in [6, 6.07) is 5.13. The van der Waals surface area contributed by atoms with Crippen LogP contribution in [0, 0.1) is 0 Å². The van der Waals surface area contributed by atoms with Crippen molar-refractivity contribution in [2.75, 3.05) is 6.54 Å². The van der Waals surface area contributed by atoms with Crippen molar-refractivity contribution in [3.8, 4) is 5.75 Å². The van der Waals surface area contributed by atoms with Crippen molar-refractivity contribution >= 4 is 28.3 Å². The van der Waals surface area contributed by atoms with E-state index in [4.69, 9.17) is 11.5 Å². The Morgan fingerprint density at radius 3 is 2.67 bits per heavy atom. The molecule has 0 spiro atoms. The summed E-state index contributed by atoms with van der Waals surface area (Å²) in [6.07, 6.45) is 1.66. The summed E-state index contributed by atoms with van der Waals surface area (Å²) >= 11 is 3.34. The number of aromatic hydroxyl groups is 1. The van der Waals surface area contributed by atoms with Gasteiger partial charge in [0.1, 0.15) is 5.75 Å². The van der Waals surface area contributed by atoms with Gasteiger partial charge in [-0.05, 0) is 37.6 Å². The predicted octanol–water partition coefficient (Wildman–Crippen LogP) is 2.32. The van der Waals surface area contributed by atoms with E-state index < -0.39 is 0 Å². The molecule has 5 heteroatoms. The van der Waals surface area contributed by atoms with Crippen LogP contribution in [0.15, 0.2) is 22.7 Å². The number of phenols is 1. The zero-order valence-electron chi connectivity index (χ0n) is 8.32. The molecular formula is C10H16BrClN2O. The minimum atomic E-state index is -0.143. The van der Waals surface area contributed by atoms with Crippen LogP contribution in [0.1, 0.15) is 24.4 Å². The highest BCUT2D eigenvalue weighted by Gasteiger charge is 2.10. The Kier molecular flexibility index (Phi) is 6.92. The molecule has 0 unspecified atom stereocenters. The van der Waals surface area contributed by atoms with Crippen LogP contribution in [0.2, 0.25) is 0 Å². The molecule has 0 radical (unpaired) electrons. The maximum atomic E-state index is 9.57. The zero-order valence-corrected chi connectivity index (χ0v) is 10.7. The number of nitrogens with two attached hydrogens (primary N) is 2. The topological polar surface area (TPSA) is 72.3 Å². The molecule has 0 aliphatic carbocycles. The van der Waals surface area contributed by atoms with Crippen LogP contribution in [0.3, 0.4) is 0 Å². The fourth-order valence-electron chi connectivity index (χ4n) is 1.32. The van der Waals surface area contributed by atoms with E-state index in [1.807, 2.05) is 6.07 Å². The molecule has 1 rings (SSSR count). The summed E-state index contributed by atoms with van der Waals surface area (Å²) in [7, 11) is 0. The first-order chi connectivity index (χ1) is 6.65. The predicted molar refractivity (Wildman–Crippen MR) is 68.3 cm³/mol. The van der Waals surface area contributed by atoms with Crippen LogP contribution >= 0.6 is 28.3 Å². The van der Waals surface area contributed by atoms with Gasteiger partial charge >= 0.3 is 0 Å². The smallest absolute Gasteiger partial charge is 0.120 e. The fraction of sp³-hybridized carbons (Fsp3) is 0.400. The van der Waals surface area contributed by atoms with Gasteiger partial charge < -0.3 is 16.6 Å². The summed E-state index contributed by atoms with van der Waals surface area (Å²) in [6.45, 7) is 0.627. The molecule has 0 aromatic heterocycles. The Labute approximate surface area is 104 Å². The third-order valence-electron chi connectivity index (χ3n) is 2.11. The normalized spacial score (nSPS) is 11.9. The Hall–Kier alpha value is -0.290. The maximum Gasteiger partial charge on any atom is 0.120 e. The molecule has 0 aliphatic rings. The lowest BCUT2D eigenvalue weighted by Crippen LogP contribution is -2.12. The number of phenolic OH excluding ortho intramolecular Hbond substituents is 1. The molecular weight excluding hydrogens is 279 g/mol. The number of hydrogen-bond donors (Lipinski definition) is 3. The first-order valence-corrected chi connectivity index (χ1v) is 5.38. The molecule has 15 heavy (non-hydrogen) atoms. The maximum absolute atomic E-state index is 9.57. The van der Waals surface area contributed by atoms with Gasteiger partial charge in [0.25, 0.3) is 0 Å². The highest BCUT2D eigenvalue weighted by atomic mass is 79.9. The standard InChI is InChI=1S/C10H15BrN2O.ClH/c11-7-3-4-10(14)8(6-7)9(13)2-1-5-12;/h3-4,6,9,14H,1-2,5,12-13H2;1H/t9-;/m0./s1. The Morgan fingerprint density at radius 2 is 2.07 bits per heavy atom. The van der Waals surface area contributed by atoms with Crippen molar-refractivity contribution < 1.29 is 5.11 Å². The lowest BCUT2D eigenvalue weighted by atomic mass is 10.0. The second-order valence-electron chi connectivity index (χ2n) is 3.24. The summed E-state index contributed by atoms with van der Waals surface area (Å²) in [5, 5.41) is 9.57. The third-order valence-corrected chi connectivity index (χ3v) is 2.60. The van der Waals surface area contributed by atoms with Crippen molar-refractivity contribution in [1.82, 2.24) is 0 Å². The average molecular weight is 296 g/mol. The van der Waals surface area contributed by atoms with Crippen LogP contribution in [-0.2, 0) is 0 Å². The van der Waals surface area contributed by atoms with Crippen LogP contribution in [-0.4, -0.2) is 11.7 Å². The van der Waals surface area contributed by atoms with Gasteiger partial charge in [0.15, 0.2) is 0 Å². The summed E-state index contributed by atoms with van der Waals surface area (Å²) in [5.41, 5.74) is 12.1. The molecule has 5 N–H and O–H groups in total. The van der Waals surface area contributed by atoms with E-state index in [9.17, 15) is 5.11 Å². The minimum Gasteiger partial charge on any atom is -0.508 e. The molecule has 0 aliphatic heterocycles. The highest BCUT2D eigenvalue weighted by molar-refractivity contribution is 9.10. The Morgan fingerprint density at radius 1 is 1.40 bits per heavy atom. The highest BCUT2D eigenvalue weighted by Crippen LogP contribution is 2.28. The molecule has 3 nitrogen and oxygen atoms in total. The van der Waals surface area contributed by atoms with Crippen LogP contribution in [0.4, 0.5) is 0 Å². The van der Waals surface area contributed by atoms with Gasteiger partial charge in [-0.2, -0.15) is 0 Å². The lowest BCUT2D eigenvalue weighted by Gasteiger charge is -2.13. The zero-order chi connectivity index (χ0) is 10.6. The Balaban J connectivity index is 0.00000196. The molecule has 0 saturated heterocycles. The number of hydrogen-bond acceptors (Lipinski definition) is 3. The SMILES string of the molecule is Cl.NCCC[C@H](N)c1cc(Br)ccc1O. The van der Waals surface area contributed by atoms with Crippen LogP contribution < -0.4 is 11.5 Å². The van der Waals surface area contributed by atoms with Crippen molar-refractivity contribution in [2.45, 2.75) is 18.9 Å². The van der Waals surface area contributed by atoms with E-state index in [0.29, 0.717) is 6.54 Å². The number of halogens is 2. The van der Waals surface area contributed by atoms with E-state index in [0.717, 1.165) is 22.9 Å². The summed E-state index contributed by atoms with van der Waals surface area (Å²) in [5.74, 6) is 0.248. The van der Waals surface area contributed by atoms with Crippen LogP contribution in [0.25, 0.3) is 0 Å². The molecule has 0 heterocycles. The van der Waals surface area contributed by atoms with Crippen molar-refractivity contribution in [2.24, 2.45) is 11.5 Å². The quantitative estimate of drug-likeness (QED) is 0.798. The average Bonchev–Trinajstić information content (AvgIpc) is 2.18. The van der Waals surface area contributed by atoms with Crippen LogP contribution in [0.5, 0.6) is 5.75 Å². The van der Waals surface area contributed by atoms with Gasteiger partial charge in [-0.1, -0.05) is 15.9 Å². The molecule has 0 saturated carbocycles. The molecule has 1 aromatic rings. The van der Waals surface area contributed by atoms with Gasteiger partial charge in [0.05, 0.1) is 0 Å². The summed E-state index contributed by atoms with van der Waals surface area (Å²) in [4.78, 5) is 0. The Bertz CT molecular complexity index is 309. The monoisotopic (exact) mass is 294 g/mol. The molecule has 0 bridgehead atoms. The molecule has 1 aromatic carbocycles. The molecule has 0 amide bonds. The van der Waals surface area contributed by atoms with Crippen molar-refractivity contribution in [1.29, 1.82) is 0 Å². The molecule has 0 fully saturated rings. The van der Waals surface area contributed by atoms with Gasteiger partial charge in [-0.15, -0.1) is 12.4 Å². The molecule has 86 valence electrons. The fourth-order valence-corrected chi connectivity index (χ4v) is 1.69. The van der Waals surface area contributed by atoms with Gasteiger partial charge in [0, 0.05) is 16.1 Å². The lowest BCUT2D eigenvalue weighted by molar-refractivity contribution is 0.457. The van der Waals surface area contributed by atoms with Gasteiger partial charge in [-0.3, -0.25) is 0 Å². The third kappa shape index (κ3) is 4.38. The summed E-state index contributed by atoms with van der Waals surface area (Å²) < 4.78 is 0.925. The van der Waals surface area contributed by atoms with Gasteiger partial charge in [-0.25, -0.2) is 0 Å². The second-order valence-corrected chi connectivity index (χ2v) is 4.16. The van der Waals surface area contributed by atoms with E-state index in [1.54, 1.807) is 12.1 Å². The first-order valence-electron chi connectivity index (χ1n) is 4.59. The number of benzene rings is 1. The second kappa shape index (κ2) is 7.06. The van der Waals surface area contributed by atoms with Gasteiger partial charge in [0.2, 0.25) is 0 Å². The van der Waals surface area contributed by atoms with E-state index in [2.05, 4.69) is 15.9 Å². The van der Waals surface area contributed by atoms with E-state index >= 15 is 0 Å². The minimum absolute atomic E-state index is 0. The van der Waals surface area contributed by atoms with Crippen molar-refractivity contribution in [3.05, 3.63) is 28.2 Å². The van der Waals surface area contributed by atoms with E-state index in [1.165, 1.54) is 0 Å². The molecule has 1 atom stereocenters. The largest absolute Gasteiger partial charge is 0.508 e. The van der Waals surface area contributed by atoms with E-state index in [-0.39, 0.29) is 24.2 Å². The number of rotatable bonds is 4. The van der Waals surface area contributed by atoms with Crippen molar-refractivity contribution in [3.63, 3.8) is 0 Å².